The number of aromatic nitrogens is 3. The molecule has 4 rings (SSSR count). The largest absolute Gasteiger partial charge is 0.461 e. The van der Waals surface area contributed by atoms with Crippen molar-refractivity contribution in [1.82, 2.24) is 14.6 Å². The zero-order valence-corrected chi connectivity index (χ0v) is 12.0. The molecule has 3 heterocycles. The second-order valence-electron chi connectivity index (χ2n) is 5.04. The lowest BCUT2D eigenvalue weighted by Gasteiger charge is -2.05. The van der Waals surface area contributed by atoms with Crippen LogP contribution in [-0.2, 0) is 0 Å². The van der Waals surface area contributed by atoms with Crippen molar-refractivity contribution in [1.29, 1.82) is 5.26 Å². The number of anilines is 1. The number of nitrogen functional groups attached to an aromatic ring is 1. The van der Waals surface area contributed by atoms with Crippen molar-refractivity contribution >= 4 is 11.5 Å². The van der Waals surface area contributed by atoms with Crippen LogP contribution in [0.1, 0.15) is 5.56 Å². The maximum Gasteiger partial charge on any atom is 0.217 e. The summed E-state index contributed by atoms with van der Waals surface area (Å²) in [5.41, 5.74) is 9.10. The van der Waals surface area contributed by atoms with E-state index in [1.165, 1.54) is 0 Å². The molecule has 0 bridgehead atoms. The van der Waals surface area contributed by atoms with Crippen LogP contribution >= 0.6 is 0 Å². The number of fused-ring (bicyclic) bond motifs is 1. The third-order valence-corrected chi connectivity index (χ3v) is 3.53. The highest BCUT2D eigenvalue weighted by Gasteiger charge is 2.12. The summed E-state index contributed by atoms with van der Waals surface area (Å²) < 4.78 is 6.88. The molecule has 4 aromatic rings. The molecule has 0 aliphatic rings. The zero-order valence-electron chi connectivity index (χ0n) is 12.0. The number of pyridine rings is 1. The molecule has 0 aliphatic heterocycles. The number of nitriles is 1. The Balaban J connectivity index is 1.88. The van der Waals surface area contributed by atoms with Crippen molar-refractivity contribution in [2.24, 2.45) is 0 Å². The number of nitrogens with zero attached hydrogens (tertiary/aromatic N) is 4. The highest BCUT2D eigenvalue weighted by molar-refractivity contribution is 5.72. The van der Waals surface area contributed by atoms with Gasteiger partial charge in [0.15, 0.2) is 11.4 Å². The van der Waals surface area contributed by atoms with Crippen molar-refractivity contribution in [3.05, 3.63) is 60.4 Å². The Kier molecular flexibility index (Phi) is 2.85. The van der Waals surface area contributed by atoms with E-state index in [1.54, 1.807) is 29.0 Å². The van der Waals surface area contributed by atoms with Crippen LogP contribution in [-0.4, -0.2) is 14.6 Å². The van der Waals surface area contributed by atoms with E-state index in [1.807, 2.05) is 30.3 Å². The second-order valence-corrected chi connectivity index (χ2v) is 5.04. The molecule has 3 aromatic heterocycles. The van der Waals surface area contributed by atoms with Crippen molar-refractivity contribution in [2.75, 3.05) is 5.73 Å². The lowest BCUT2D eigenvalue weighted by molar-refractivity contribution is 0.577. The van der Waals surface area contributed by atoms with Gasteiger partial charge in [0.1, 0.15) is 5.82 Å². The van der Waals surface area contributed by atoms with Crippen LogP contribution in [0.3, 0.4) is 0 Å². The van der Waals surface area contributed by atoms with E-state index in [0.717, 1.165) is 11.1 Å². The van der Waals surface area contributed by atoms with Gasteiger partial charge in [-0.15, -0.1) is 5.10 Å². The van der Waals surface area contributed by atoms with Crippen LogP contribution in [0, 0.1) is 11.3 Å². The first-order chi connectivity index (χ1) is 11.2. The van der Waals surface area contributed by atoms with Crippen LogP contribution in [0.25, 0.3) is 28.4 Å². The van der Waals surface area contributed by atoms with Gasteiger partial charge in [-0.2, -0.15) is 9.78 Å². The van der Waals surface area contributed by atoms with Crippen molar-refractivity contribution in [3.8, 4) is 28.8 Å². The van der Waals surface area contributed by atoms with Crippen LogP contribution < -0.4 is 5.73 Å². The zero-order chi connectivity index (χ0) is 15.8. The monoisotopic (exact) mass is 301 g/mol. The summed E-state index contributed by atoms with van der Waals surface area (Å²) in [7, 11) is 0. The summed E-state index contributed by atoms with van der Waals surface area (Å²) in [5.74, 6) is 1.52. The van der Waals surface area contributed by atoms with Crippen LogP contribution in [0.4, 0.5) is 5.82 Å². The molecule has 0 saturated heterocycles. The first kappa shape index (κ1) is 13.1. The fourth-order valence-corrected chi connectivity index (χ4v) is 2.45. The van der Waals surface area contributed by atoms with Crippen molar-refractivity contribution in [3.63, 3.8) is 0 Å². The summed E-state index contributed by atoms with van der Waals surface area (Å²) in [6, 6.07) is 16.7. The van der Waals surface area contributed by atoms with Gasteiger partial charge in [0.2, 0.25) is 5.82 Å². The Hall–Kier alpha value is -3.59. The highest BCUT2D eigenvalue weighted by atomic mass is 16.3. The lowest BCUT2D eigenvalue weighted by Crippen LogP contribution is -1.99. The fraction of sp³-hybridized carbons (Fsp3) is 0. The van der Waals surface area contributed by atoms with Gasteiger partial charge < -0.3 is 10.2 Å². The molecule has 1 aromatic carbocycles. The lowest BCUT2D eigenvalue weighted by atomic mass is 10.0. The highest BCUT2D eigenvalue weighted by Crippen LogP contribution is 2.26. The van der Waals surface area contributed by atoms with Gasteiger partial charge in [0.25, 0.3) is 0 Å². The normalized spacial score (nSPS) is 10.7. The predicted octanol–water partition coefficient (Wildman–Crippen LogP) is 3.11. The summed E-state index contributed by atoms with van der Waals surface area (Å²) in [5, 5.41) is 13.4. The van der Waals surface area contributed by atoms with Gasteiger partial charge in [-0.3, -0.25) is 0 Å². The summed E-state index contributed by atoms with van der Waals surface area (Å²) in [6.07, 6.45) is 1.57. The van der Waals surface area contributed by atoms with E-state index in [4.69, 9.17) is 15.4 Å². The average molecular weight is 301 g/mol. The Bertz CT molecular complexity index is 1040. The first-order valence-electron chi connectivity index (χ1n) is 6.95. The maximum absolute atomic E-state index is 9.03. The van der Waals surface area contributed by atoms with E-state index in [2.05, 4.69) is 16.2 Å². The van der Waals surface area contributed by atoms with Crippen LogP contribution in [0.2, 0.25) is 0 Å². The molecule has 0 fully saturated rings. The topological polar surface area (TPSA) is 93.1 Å². The predicted molar refractivity (Wildman–Crippen MR) is 85.3 cm³/mol. The van der Waals surface area contributed by atoms with Gasteiger partial charge in [0.05, 0.1) is 17.9 Å². The maximum atomic E-state index is 9.03. The van der Waals surface area contributed by atoms with Gasteiger partial charge in [-0.1, -0.05) is 12.1 Å². The summed E-state index contributed by atoms with van der Waals surface area (Å²) >= 11 is 0. The van der Waals surface area contributed by atoms with Gasteiger partial charge >= 0.3 is 0 Å². The minimum atomic E-state index is 0.463. The molecule has 0 aliphatic carbocycles. The van der Waals surface area contributed by atoms with E-state index in [9.17, 15) is 0 Å². The quantitative estimate of drug-likeness (QED) is 0.614. The number of benzene rings is 1. The molecular weight excluding hydrogens is 290 g/mol. The fourth-order valence-electron chi connectivity index (χ4n) is 2.45. The van der Waals surface area contributed by atoms with E-state index >= 15 is 0 Å². The molecule has 0 amide bonds. The summed E-state index contributed by atoms with van der Waals surface area (Å²) in [6.45, 7) is 0. The smallest absolute Gasteiger partial charge is 0.217 e. The molecule has 0 saturated carbocycles. The van der Waals surface area contributed by atoms with Crippen LogP contribution in [0.5, 0.6) is 0 Å². The van der Waals surface area contributed by atoms with Gasteiger partial charge in [-0.05, 0) is 47.5 Å². The third kappa shape index (κ3) is 2.21. The summed E-state index contributed by atoms with van der Waals surface area (Å²) in [4.78, 5) is 4.46. The molecular formula is C17H11N5O. The van der Waals surface area contributed by atoms with E-state index in [-0.39, 0.29) is 0 Å². The first-order valence-corrected chi connectivity index (χ1v) is 6.95. The molecule has 0 unspecified atom stereocenters. The number of hydrogen-bond acceptors (Lipinski definition) is 5. The number of rotatable bonds is 2. The van der Waals surface area contributed by atoms with Gasteiger partial charge in [-0.25, -0.2) is 4.98 Å². The SMILES string of the molecule is N#Cc1cccc(-c2cc(N)n3nc(-c4ccco4)nc3c2)c1. The van der Waals surface area contributed by atoms with Crippen molar-refractivity contribution < 1.29 is 4.42 Å². The molecule has 6 nitrogen and oxygen atoms in total. The number of hydrogen-bond donors (Lipinski definition) is 1. The molecule has 110 valence electrons. The average Bonchev–Trinajstić information content (AvgIpc) is 3.24. The Morgan fingerprint density at radius 3 is 2.78 bits per heavy atom. The second kappa shape index (κ2) is 5.00. The number of nitrogens with two attached hydrogens (primary N) is 1. The standard InChI is InChI=1S/C17H11N5O/c18-10-11-3-1-4-12(7-11)13-8-15(19)22-16(9-13)20-17(21-22)14-5-2-6-23-14/h1-9H,19H2. The molecule has 23 heavy (non-hydrogen) atoms. The molecule has 0 spiro atoms. The third-order valence-electron chi connectivity index (χ3n) is 3.53. The Morgan fingerprint density at radius 2 is 2.00 bits per heavy atom. The Labute approximate surface area is 131 Å². The Morgan fingerprint density at radius 1 is 1.09 bits per heavy atom. The minimum Gasteiger partial charge on any atom is -0.461 e. The molecule has 2 N–H and O–H groups in total. The minimum absolute atomic E-state index is 0.463. The molecule has 0 radical (unpaired) electrons. The van der Waals surface area contributed by atoms with E-state index < -0.39 is 0 Å². The molecule has 6 heteroatoms. The van der Waals surface area contributed by atoms with E-state index in [0.29, 0.717) is 28.6 Å². The van der Waals surface area contributed by atoms with Crippen LogP contribution in [0.15, 0.2) is 59.2 Å². The molecule has 0 atom stereocenters. The van der Waals surface area contributed by atoms with Crippen molar-refractivity contribution in [2.45, 2.75) is 0 Å². The number of furan rings is 1. The van der Waals surface area contributed by atoms with Gasteiger partial charge in [0, 0.05) is 0 Å².